The van der Waals surface area contributed by atoms with Crippen molar-refractivity contribution in [1.29, 1.82) is 0 Å². The van der Waals surface area contributed by atoms with Crippen LogP contribution in [0.2, 0.25) is 0 Å². The molecule has 0 spiro atoms. The molecule has 0 fully saturated rings. The van der Waals surface area contributed by atoms with Crippen molar-refractivity contribution in [1.82, 2.24) is 19.8 Å². The lowest BCUT2D eigenvalue weighted by Crippen LogP contribution is -2.38. The van der Waals surface area contributed by atoms with E-state index in [1.807, 2.05) is 0 Å². The van der Waals surface area contributed by atoms with Crippen LogP contribution in [0, 0.1) is 6.92 Å². The molecule has 4 N–H and O–H groups in total. The van der Waals surface area contributed by atoms with Crippen molar-refractivity contribution in [2.75, 3.05) is 12.3 Å². The number of nitrogens with zero attached hydrogens (tertiary/aromatic N) is 3. The van der Waals surface area contributed by atoms with E-state index in [0.29, 0.717) is 11.1 Å². The van der Waals surface area contributed by atoms with Crippen LogP contribution in [-0.2, 0) is 10.0 Å². The predicted molar refractivity (Wildman–Crippen MR) is 116 cm³/mol. The standard InChI is InChI=1S/C19H21F2N5O4S.ClH/c1-10-4-5-12(31(28,29)24-9-19(2,3)27)7-13(10)11-6-14(16(22)23-8-11)18-25-17(15(20)21)26-30-18;/h4-8,15,24,27H,9H2,1-3H3,(H2,22,23);1H. The Labute approximate surface area is 189 Å². The Morgan fingerprint density at radius 1 is 1.25 bits per heavy atom. The summed E-state index contributed by atoms with van der Waals surface area (Å²) < 4.78 is 58.0. The van der Waals surface area contributed by atoms with Crippen molar-refractivity contribution in [3.8, 4) is 22.6 Å². The first-order chi connectivity index (χ1) is 14.4. The van der Waals surface area contributed by atoms with E-state index in [0.717, 1.165) is 5.56 Å². The summed E-state index contributed by atoms with van der Waals surface area (Å²) in [6, 6.07) is 6.00. The molecule has 0 atom stereocenters. The van der Waals surface area contributed by atoms with Crippen LogP contribution in [0.15, 0.2) is 39.9 Å². The Morgan fingerprint density at radius 3 is 2.53 bits per heavy atom. The molecule has 0 aliphatic heterocycles. The summed E-state index contributed by atoms with van der Waals surface area (Å²) in [7, 11) is -3.90. The molecule has 0 saturated carbocycles. The minimum Gasteiger partial charge on any atom is -0.389 e. The van der Waals surface area contributed by atoms with Gasteiger partial charge in [0.2, 0.25) is 15.8 Å². The molecule has 3 rings (SSSR count). The molecule has 0 saturated heterocycles. The number of alkyl halides is 2. The first-order valence-corrected chi connectivity index (χ1v) is 10.6. The molecule has 0 radical (unpaired) electrons. The summed E-state index contributed by atoms with van der Waals surface area (Å²) in [4.78, 5) is 7.66. The number of sulfonamides is 1. The third-order valence-electron chi connectivity index (χ3n) is 4.31. The van der Waals surface area contributed by atoms with E-state index in [1.165, 1.54) is 38.2 Å². The largest absolute Gasteiger partial charge is 0.389 e. The third-order valence-corrected chi connectivity index (χ3v) is 5.71. The van der Waals surface area contributed by atoms with Gasteiger partial charge in [-0.1, -0.05) is 11.2 Å². The zero-order valence-corrected chi connectivity index (χ0v) is 19.0. The highest BCUT2D eigenvalue weighted by Crippen LogP contribution is 2.32. The molecule has 1 aromatic carbocycles. The van der Waals surface area contributed by atoms with Gasteiger partial charge in [0, 0.05) is 18.3 Å². The average Bonchev–Trinajstić information content (AvgIpc) is 3.17. The lowest BCUT2D eigenvalue weighted by atomic mass is 10.0. The van der Waals surface area contributed by atoms with Crippen LogP contribution in [0.25, 0.3) is 22.6 Å². The summed E-state index contributed by atoms with van der Waals surface area (Å²) in [5.41, 5.74) is 6.49. The second-order valence-corrected chi connectivity index (χ2v) is 9.30. The number of pyridine rings is 1. The number of rotatable bonds is 7. The van der Waals surface area contributed by atoms with Crippen LogP contribution >= 0.6 is 12.4 Å². The van der Waals surface area contributed by atoms with Gasteiger partial charge in [0.25, 0.3) is 5.89 Å². The smallest absolute Gasteiger partial charge is 0.300 e. The number of halogens is 3. The quantitative estimate of drug-likeness (QED) is 0.459. The van der Waals surface area contributed by atoms with Crippen molar-refractivity contribution >= 4 is 28.2 Å². The van der Waals surface area contributed by atoms with Gasteiger partial charge in [-0.05, 0) is 50.1 Å². The molecule has 174 valence electrons. The number of aryl methyl sites for hydroxylation is 1. The highest BCUT2D eigenvalue weighted by atomic mass is 35.5. The van der Waals surface area contributed by atoms with Gasteiger partial charge in [-0.3, -0.25) is 0 Å². The summed E-state index contributed by atoms with van der Waals surface area (Å²) in [5, 5.41) is 13.0. The number of aromatic nitrogens is 3. The molecule has 0 bridgehead atoms. The Kier molecular flexibility index (Phi) is 7.55. The van der Waals surface area contributed by atoms with E-state index in [9.17, 15) is 22.3 Å². The molecule has 2 aromatic heterocycles. The van der Waals surface area contributed by atoms with E-state index in [4.69, 9.17) is 10.3 Å². The lowest BCUT2D eigenvalue weighted by Gasteiger charge is -2.18. The molecule has 2 heterocycles. The zero-order chi connectivity index (χ0) is 23.0. The minimum atomic E-state index is -3.90. The number of benzene rings is 1. The predicted octanol–water partition coefficient (Wildman–Crippen LogP) is 3.10. The number of hydrogen-bond donors (Lipinski definition) is 3. The number of anilines is 1. The molecule has 0 amide bonds. The maximum Gasteiger partial charge on any atom is 0.300 e. The molecule has 13 heteroatoms. The van der Waals surface area contributed by atoms with Crippen LogP contribution in [-0.4, -0.2) is 40.8 Å². The fraction of sp³-hybridized carbons (Fsp3) is 0.316. The first kappa shape index (κ1) is 25.6. The summed E-state index contributed by atoms with van der Waals surface area (Å²) >= 11 is 0. The van der Waals surface area contributed by atoms with Gasteiger partial charge in [0.05, 0.1) is 16.1 Å². The number of nitrogen functional groups attached to an aromatic ring is 1. The van der Waals surface area contributed by atoms with Crippen molar-refractivity contribution in [3.63, 3.8) is 0 Å². The van der Waals surface area contributed by atoms with Gasteiger partial charge >= 0.3 is 6.43 Å². The van der Waals surface area contributed by atoms with Crippen LogP contribution < -0.4 is 10.5 Å². The van der Waals surface area contributed by atoms with E-state index in [1.54, 1.807) is 13.0 Å². The van der Waals surface area contributed by atoms with Crippen LogP contribution in [0.4, 0.5) is 14.6 Å². The summed E-state index contributed by atoms with van der Waals surface area (Å²) in [6.45, 7) is 4.56. The molecular weight excluding hydrogens is 468 g/mol. The van der Waals surface area contributed by atoms with Crippen LogP contribution in [0.5, 0.6) is 0 Å². The van der Waals surface area contributed by atoms with Gasteiger partial charge in [-0.25, -0.2) is 26.9 Å². The number of hydrogen-bond acceptors (Lipinski definition) is 8. The molecule has 0 aliphatic rings. The summed E-state index contributed by atoms with van der Waals surface area (Å²) in [5.74, 6) is -1.01. The van der Waals surface area contributed by atoms with E-state index < -0.39 is 27.9 Å². The SMILES string of the molecule is Cc1ccc(S(=O)(=O)NCC(C)(C)O)cc1-c1cnc(N)c(-c2nc(C(F)F)no2)c1.Cl. The minimum absolute atomic E-state index is 0. The number of nitrogens with two attached hydrogens (primary N) is 1. The van der Waals surface area contributed by atoms with Gasteiger partial charge in [-0.15, -0.1) is 12.4 Å². The average molecular weight is 490 g/mol. The zero-order valence-electron chi connectivity index (χ0n) is 17.3. The maximum atomic E-state index is 12.8. The first-order valence-electron chi connectivity index (χ1n) is 9.08. The molecule has 9 nitrogen and oxygen atoms in total. The van der Waals surface area contributed by atoms with E-state index >= 15 is 0 Å². The lowest BCUT2D eigenvalue weighted by molar-refractivity contribution is 0.0857. The normalized spacial score (nSPS) is 12.1. The summed E-state index contributed by atoms with van der Waals surface area (Å²) in [6.07, 6.45) is -1.48. The Balaban J connectivity index is 0.00000363. The molecule has 0 aliphatic carbocycles. The van der Waals surface area contributed by atoms with Crippen LogP contribution in [0.1, 0.15) is 31.7 Å². The molecule has 32 heavy (non-hydrogen) atoms. The molecule has 3 aromatic rings. The van der Waals surface area contributed by atoms with Crippen molar-refractivity contribution in [3.05, 3.63) is 41.9 Å². The fourth-order valence-electron chi connectivity index (χ4n) is 2.66. The second-order valence-electron chi connectivity index (χ2n) is 7.53. The van der Waals surface area contributed by atoms with Gasteiger partial charge < -0.3 is 15.4 Å². The van der Waals surface area contributed by atoms with Gasteiger partial charge in [-0.2, -0.15) is 4.98 Å². The molecular formula is C19H22ClF2N5O4S. The Hall–Kier alpha value is -2.67. The van der Waals surface area contributed by atoms with Crippen molar-refractivity contribution in [2.24, 2.45) is 0 Å². The topological polar surface area (TPSA) is 144 Å². The third kappa shape index (κ3) is 5.76. The Morgan fingerprint density at radius 2 is 1.94 bits per heavy atom. The highest BCUT2D eigenvalue weighted by Gasteiger charge is 2.22. The molecule has 0 unspecified atom stereocenters. The highest BCUT2D eigenvalue weighted by molar-refractivity contribution is 7.89. The maximum absolute atomic E-state index is 12.8. The van der Waals surface area contributed by atoms with Gasteiger partial charge in [0.15, 0.2) is 0 Å². The number of aliphatic hydroxyl groups is 1. The van der Waals surface area contributed by atoms with Crippen molar-refractivity contribution in [2.45, 2.75) is 37.7 Å². The fourth-order valence-corrected chi connectivity index (χ4v) is 3.89. The van der Waals surface area contributed by atoms with E-state index in [2.05, 4.69) is 19.8 Å². The van der Waals surface area contributed by atoms with Gasteiger partial charge in [0.1, 0.15) is 5.82 Å². The number of nitrogens with one attached hydrogen (secondary N) is 1. The monoisotopic (exact) mass is 489 g/mol. The second kappa shape index (κ2) is 9.45. The Bertz CT molecular complexity index is 1210. The van der Waals surface area contributed by atoms with E-state index in [-0.39, 0.29) is 41.1 Å². The van der Waals surface area contributed by atoms with Crippen molar-refractivity contribution < 1.29 is 26.8 Å². The van der Waals surface area contributed by atoms with Crippen LogP contribution in [0.3, 0.4) is 0 Å².